The number of benzene rings is 1. The molecule has 3 nitrogen and oxygen atoms in total. The molecule has 0 spiro atoms. The number of halogens is 3. The Kier molecular flexibility index (Phi) is 4.36. The SMILES string of the molecule is CNC[C@@H]1CCCN1C(=O)[C@H]1C[C@@H]1c1ccc(C(F)(F)F)cc1. The summed E-state index contributed by atoms with van der Waals surface area (Å²) in [4.78, 5) is 14.6. The predicted molar refractivity (Wildman–Crippen MR) is 81.0 cm³/mol. The van der Waals surface area contributed by atoms with E-state index < -0.39 is 11.7 Å². The van der Waals surface area contributed by atoms with Crippen molar-refractivity contribution in [3.05, 3.63) is 35.4 Å². The highest BCUT2D eigenvalue weighted by Gasteiger charge is 2.47. The molecule has 3 rings (SSSR count). The summed E-state index contributed by atoms with van der Waals surface area (Å²) >= 11 is 0. The van der Waals surface area contributed by atoms with E-state index in [0.717, 1.165) is 50.0 Å². The predicted octanol–water partition coefficient (Wildman–Crippen LogP) is 3.02. The molecule has 1 saturated carbocycles. The molecule has 0 aromatic heterocycles. The molecular formula is C17H21F3N2O. The number of carbonyl (C=O) groups excluding carboxylic acids is 1. The number of rotatable bonds is 4. The van der Waals surface area contributed by atoms with Gasteiger partial charge in [-0.3, -0.25) is 4.79 Å². The van der Waals surface area contributed by atoms with Crippen molar-refractivity contribution < 1.29 is 18.0 Å². The molecule has 1 aliphatic carbocycles. The summed E-state index contributed by atoms with van der Waals surface area (Å²) in [5.74, 6) is 0.164. The van der Waals surface area contributed by atoms with Crippen LogP contribution in [0.1, 0.15) is 36.3 Å². The van der Waals surface area contributed by atoms with Gasteiger partial charge >= 0.3 is 6.18 Å². The molecule has 2 fully saturated rings. The van der Waals surface area contributed by atoms with Crippen molar-refractivity contribution in [2.45, 2.75) is 37.4 Å². The van der Waals surface area contributed by atoms with E-state index >= 15 is 0 Å². The Morgan fingerprint density at radius 1 is 1.30 bits per heavy atom. The Bertz CT molecular complexity index is 570. The van der Waals surface area contributed by atoms with E-state index in [-0.39, 0.29) is 23.8 Å². The van der Waals surface area contributed by atoms with Crippen molar-refractivity contribution >= 4 is 5.91 Å². The van der Waals surface area contributed by atoms with Gasteiger partial charge in [-0.25, -0.2) is 0 Å². The Balaban J connectivity index is 1.64. The topological polar surface area (TPSA) is 32.3 Å². The van der Waals surface area contributed by atoms with Crippen LogP contribution < -0.4 is 5.32 Å². The van der Waals surface area contributed by atoms with Crippen LogP contribution in [0, 0.1) is 5.92 Å². The molecule has 1 N–H and O–H groups in total. The van der Waals surface area contributed by atoms with Gasteiger partial charge in [0.25, 0.3) is 0 Å². The van der Waals surface area contributed by atoms with Gasteiger partial charge in [-0.15, -0.1) is 0 Å². The van der Waals surface area contributed by atoms with Gasteiger partial charge < -0.3 is 10.2 Å². The average Bonchev–Trinajstić information content (AvgIpc) is 3.18. The summed E-state index contributed by atoms with van der Waals surface area (Å²) in [6, 6.07) is 5.48. The normalized spacial score (nSPS) is 27.3. The molecule has 0 unspecified atom stereocenters. The van der Waals surface area contributed by atoms with E-state index in [1.165, 1.54) is 12.1 Å². The molecule has 1 heterocycles. The third kappa shape index (κ3) is 3.37. The standard InChI is InChI=1S/C17H21F3N2O/c1-21-10-13-3-2-8-22(13)16(23)15-9-14(15)11-4-6-12(7-5-11)17(18,19)20/h4-7,13-15,21H,2-3,8-10H2,1H3/t13-,14+,15-/m0/s1. The van der Waals surface area contributed by atoms with E-state index in [1.54, 1.807) is 0 Å². The highest BCUT2D eigenvalue weighted by atomic mass is 19.4. The maximum atomic E-state index is 12.6. The van der Waals surface area contributed by atoms with Crippen LogP contribution >= 0.6 is 0 Å². The molecule has 1 aromatic carbocycles. The van der Waals surface area contributed by atoms with Crippen LogP contribution in [-0.4, -0.2) is 37.0 Å². The second-order valence-electron chi connectivity index (χ2n) is 6.45. The zero-order valence-corrected chi connectivity index (χ0v) is 13.1. The van der Waals surface area contributed by atoms with Crippen LogP contribution in [-0.2, 0) is 11.0 Å². The zero-order chi connectivity index (χ0) is 16.6. The van der Waals surface area contributed by atoms with Crippen molar-refractivity contribution in [2.75, 3.05) is 20.1 Å². The average molecular weight is 326 g/mol. The van der Waals surface area contributed by atoms with Crippen LogP contribution in [0.5, 0.6) is 0 Å². The first-order valence-corrected chi connectivity index (χ1v) is 8.04. The van der Waals surface area contributed by atoms with Crippen molar-refractivity contribution in [2.24, 2.45) is 5.92 Å². The summed E-state index contributed by atoms with van der Waals surface area (Å²) in [6.45, 7) is 1.59. The van der Waals surface area contributed by atoms with Gasteiger partial charge in [-0.2, -0.15) is 13.2 Å². The summed E-state index contributed by atoms with van der Waals surface area (Å²) in [5, 5.41) is 3.12. The molecule has 0 radical (unpaired) electrons. The number of hydrogen-bond donors (Lipinski definition) is 1. The van der Waals surface area contributed by atoms with E-state index in [0.29, 0.717) is 0 Å². The summed E-state index contributed by atoms with van der Waals surface area (Å²) in [5.41, 5.74) is 0.194. The first kappa shape index (κ1) is 16.3. The maximum Gasteiger partial charge on any atom is 0.416 e. The van der Waals surface area contributed by atoms with E-state index in [4.69, 9.17) is 0 Å². The molecule has 23 heavy (non-hydrogen) atoms. The Morgan fingerprint density at radius 3 is 2.61 bits per heavy atom. The lowest BCUT2D eigenvalue weighted by molar-refractivity contribution is -0.137. The number of nitrogens with zero attached hydrogens (tertiary/aromatic N) is 1. The Hall–Kier alpha value is -1.56. The maximum absolute atomic E-state index is 12.6. The lowest BCUT2D eigenvalue weighted by Crippen LogP contribution is -2.41. The highest BCUT2D eigenvalue weighted by Crippen LogP contribution is 2.49. The minimum atomic E-state index is -4.31. The van der Waals surface area contributed by atoms with Gasteiger partial charge in [0.05, 0.1) is 5.56 Å². The lowest BCUT2D eigenvalue weighted by atomic mass is 10.1. The smallest absolute Gasteiger partial charge is 0.338 e. The van der Waals surface area contributed by atoms with E-state index in [1.807, 2.05) is 11.9 Å². The Labute approximate surface area is 133 Å². The summed E-state index contributed by atoms with van der Waals surface area (Å²) in [7, 11) is 1.88. The molecule has 2 aliphatic rings. The second kappa shape index (κ2) is 6.15. The number of hydrogen-bond acceptors (Lipinski definition) is 2. The summed E-state index contributed by atoms with van der Waals surface area (Å²) in [6.07, 6.45) is -1.53. The van der Waals surface area contributed by atoms with Crippen molar-refractivity contribution in [1.29, 1.82) is 0 Å². The van der Waals surface area contributed by atoms with E-state index in [2.05, 4.69) is 5.32 Å². The lowest BCUT2D eigenvalue weighted by Gasteiger charge is -2.24. The number of alkyl halides is 3. The molecular weight excluding hydrogens is 305 g/mol. The third-order valence-electron chi connectivity index (χ3n) is 4.87. The molecule has 3 atom stereocenters. The highest BCUT2D eigenvalue weighted by molar-refractivity contribution is 5.83. The fourth-order valence-electron chi connectivity index (χ4n) is 3.54. The van der Waals surface area contributed by atoms with Gasteiger partial charge in [0.2, 0.25) is 5.91 Å². The first-order chi connectivity index (χ1) is 10.9. The van der Waals surface area contributed by atoms with Crippen LogP contribution in [0.3, 0.4) is 0 Å². The molecule has 1 aliphatic heterocycles. The first-order valence-electron chi connectivity index (χ1n) is 8.04. The van der Waals surface area contributed by atoms with Crippen LogP contribution in [0.2, 0.25) is 0 Å². The van der Waals surface area contributed by atoms with Crippen LogP contribution in [0.15, 0.2) is 24.3 Å². The van der Waals surface area contributed by atoms with Crippen molar-refractivity contribution in [3.8, 4) is 0 Å². The fourth-order valence-corrected chi connectivity index (χ4v) is 3.54. The molecule has 6 heteroatoms. The van der Waals surface area contributed by atoms with Crippen molar-refractivity contribution in [3.63, 3.8) is 0 Å². The Morgan fingerprint density at radius 2 is 2.00 bits per heavy atom. The minimum Gasteiger partial charge on any atom is -0.338 e. The number of carbonyl (C=O) groups is 1. The van der Waals surface area contributed by atoms with Crippen LogP contribution in [0.4, 0.5) is 13.2 Å². The monoisotopic (exact) mass is 326 g/mol. The molecule has 1 amide bonds. The van der Waals surface area contributed by atoms with Gasteiger partial charge in [-0.05, 0) is 49.9 Å². The molecule has 1 saturated heterocycles. The molecule has 0 bridgehead atoms. The molecule has 126 valence electrons. The second-order valence-corrected chi connectivity index (χ2v) is 6.45. The number of amides is 1. The van der Waals surface area contributed by atoms with E-state index in [9.17, 15) is 18.0 Å². The van der Waals surface area contributed by atoms with Gasteiger partial charge in [-0.1, -0.05) is 12.1 Å². The third-order valence-corrected chi connectivity index (χ3v) is 4.87. The van der Waals surface area contributed by atoms with Crippen LogP contribution in [0.25, 0.3) is 0 Å². The zero-order valence-electron chi connectivity index (χ0n) is 13.1. The van der Waals surface area contributed by atoms with Gasteiger partial charge in [0, 0.05) is 25.0 Å². The van der Waals surface area contributed by atoms with Gasteiger partial charge in [0.15, 0.2) is 0 Å². The largest absolute Gasteiger partial charge is 0.416 e. The number of likely N-dealkylation sites (tertiary alicyclic amines) is 1. The number of nitrogens with one attached hydrogen (secondary N) is 1. The van der Waals surface area contributed by atoms with Gasteiger partial charge in [0.1, 0.15) is 0 Å². The van der Waals surface area contributed by atoms with Crippen molar-refractivity contribution in [1.82, 2.24) is 10.2 Å². The minimum absolute atomic E-state index is 0.0656. The molecule has 1 aromatic rings. The number of likely N-dealkylation sites (N-methyl/N-ethyl adjacent to an activating group) is 1. The summed E-state index contributed by atoms with van der Waals surface area (Å²) < 4.78 is 37.8. The quantitative estimate of drug-likeness (QED) is 0.922. The fraction of sp³-hybridized carbons (Fsp3) is 0.588.